The van der Waals surface area contributed by atoms with Gasteiger partial charge in [0.25, 0.3) is 5.91 Å². The summed E-state index contributed by atoms with van der Waals surface area (Å²) in [7, 11) is 1.57. The number of halogens is 1. The number of nitrogens with zero attached hydrogens (tertiary/aromatic N) is 4. The van der Waals surface area contributed by atoms with Crippen molar-refractivity contribution in [2.45, 2.75) is 88.1 Å². The summed E-state index contributed by atoms with van der Waals surface area (Å²) in [5.74, 6) is -0.653. The van der Waals surface area contributed by atoms with E-state index in [1.807, 2.05) is 54.6 Å². The van der Waals surface area contributed by atoms with Crippen molar-refractivity contribution in [2.24, 2.45) is 17.8 Å². The van der Waals surface area contributed by atoms with Gasteiger partial charge in [0.2, 0.25) is 35.4 Å². The summed E-state index contributed by atoms with van der Waals surface area (Å²) in [4.78, 5) is 105. The van der Waals surface area contributed by atoms with Crippen molar-refractivity contribution in [1.29, 1.82) is 0 Å². The van der Waals surface area contributed by atoms with Crippen LogP contribution in [0.1, 0.15) is 93.6 Å². The Balaban J connectivity index is 0.632. The van der Waals surface area contributed by atoms with Gasteiger partial charge < -0.3 is 45.9 Å². The largest absolute Gasteiger partial charge is 0.477 e. The van der Waals surface area contributed by atoms with Crippen molar-refractivity contribution < 1.29 is 43.0 Å². The van der Waals surface area contributed by atoms with Crippen LogP contribution in [0.5, 0.6) is 11.5 Å². The predicted molar refractivity (Wildman–Crippen MR) is 295 cm³/mol. The van der Waals surface area contributed by atoms with Gasteiger partial charge in [-0.3, -0.25) is 38.9 Å². The number of fused-ring (bicyclic) bond motifs is 2. The van der Waals surface area contributed by atoms with E-state index >= 15 is 0 Å². The Bertz CT molecular complexity index is 3080. The SMILES string of the molecule is CNC(=O)C1(Oc2ccccc2-c2nc3cccc(Cl)c3s2)CCN(C(=O)[C@H]2CC(=O)Nc3cc(OCNC(=O)C4CCC(C(=O)NCCNCC5CCN(c6cc(C7CCC(=O)NC7=O)ccn6)CC5)CC4)ccc32)CC1. The van der Waals surface area contributed by atoms with Gasteiger partial charge in [0.1, 0.15) is 22.3 Å². The van der Waals surface area contributed by atoms with E-state index in [-0.39, 0.29) is 98.2 Å². The highest BCUT2D eigenvalue weighted by atomic mass is 35.5. The van der Waals surface area contributed by atoms with Gasteiger partial charge in [-0.15, -0.1) is 11.3 Å². The molecule has 4 aliphatic heterocycles. The number of likely N-dealkylation sites (tertiary alicyclic amines) is 1. The lowest BCUT2D eigenvalue weighted by Gasteiger charge is -2.42. The summed E-state index contributed by atoms with van der Waals surface area (Å²) in [6.45, 7) is 4.10. The molecule has 10 rings (SSSR count). The molecule has 5 aliphatic rings. The van der Waals surface area contributed by atoms with Crippen LogP contribution in [0, 0.1) is 17.8 Å². The molecule has 1 aliphatic carbocycles. The molecule has 410 valence electrons. The Morgan fingerprint density at radius 2 is 1.58 bits per heavy atom. The Morgan fingerprint density at radius 1 is 0.821 bits per heavy atom. The monoisotopic (exact) mass is 1100 g/mol. The van der Waals surface area contributed by atoms with Crippen LogP contribution < -0.4 is 46.3 Å². The number of rotatable bonds is 17. The number of anilines is 2. The van der Waals surface area contributed by atoms with Gasteiger partial charge in [-0.2, -0.15) is 0 Å². The third-order valence-corrected chi connectivity index (χ3v) is 17.6. The third kappa shape index (κ3) is 12.2. The molecular formula is C57H65ClN10O9S. The first-order valence-corrected chi connectivity index (χ1v) is 28.3. The number of piperidine rings is 3. The number of aromatic nitrogens is 2. The van der Waals surface area contributed by atoms with Crippen molar-refractivity contribution in [3.8, 4) is 22.1 Å². The molecule has 7 amide bonds. The molecule has 2 aromatic heterocycles. The van der Waals surface area contributed by atoms with Crippen LogP contribution in [0.3, 0.4) is 0 Å². The number of nitrogens with one attached hydrogen (secondary N) is 6. The van der Waals surface area contributed by atoms with E-state index in [4.69, 9.17) is 26.1 Å². The Hall–Kier alpha value is -7.16. The van der Waals surface area contributed by atoms with E-state index in [0.717, 1.165) is 59.6 Å². The van der Waals surface area contributed by atoms with Gasteiger partial charge in [-0.25, -0.2) is 9.97 Å². The van der Waals surface area contributed by atoms with E-state index in [0.29, 0.717) is 90.3 Å². The van der Waals surface area contributed by atoms with Crippen molar-refractivity contribution >= 4 is 86.0 Å². The van der Waals surface area contributed by atoms with Crippen LogP contribution >= 0.6 is 22.9 Å². The minimum Gasteiger partial charge on any atom is -0.477 e. The summed E-state index contributed by atoms with van der Waals surface area (Å²) < 4.78 is 13.4. The first kappa shape index (κ1) is 54.2. The van der Waals surface area contributed by atoms with Gasteiger partial charge in [0.15, 0.2) is 12.3 Å². The number of hydrogen-bond donors (Lipinski definition) is 6. The molecule has 21 heteroatoms. The number of hydrogen-bond acceptors (Lipinski definition) is 14. The number of para-hydroxylation sites is 1. The highest BCUT2D eigenvalue weighted by molar-refractivity contribution is 7.22. The molecule has 3 aromatic carbocycles. The van der Waals surface area contributed by atoms with E-state index in [1.165, 1.54) is 11.3 Å². The highest BCUT2D eigenvalue weighted by Crippen LogP contribution is 2.42. The Kier molecular flexibility index (Phi) is 16.8. The molecule has 0 spiro atoms. The van der Waals surface area contributed by atoms with Crippen LogP contribution in [0.2, 0.25) is 5.02 Å². The molecule has 3 saturated heterocycles. The Morgan fingerprint density at radius 3 is 2.32 bits per heavy atom. The number of carbonyl (C=O) groups is 7. The molecular weight excluding hydrogens is 1040 g/mol. The Labute approximate surface area is 461 Å². The average Bonchev–Trinajstić information content (AvgIpc) is 3.98. The lowest BCUT2D eigenvalue weighted by molar-refractivity contribution is -0.147. The van der Waals surface area contributed by atoms with Gasteiger partial charge >= 0.3 is 0 Å². The maximum absolute atomic E-state index is 14.2. The van der Waals surface area contributed by atoms with Crippen molar-refractivity contribution in [2.75, 3.05) is 69.8 Å². The van der Waals surface area contributed by atoms with E-state index < -0.39 is 11.5 Å². The summed E-state index contributed by atoms with van der Waals surface area (Å²) in [5, 5.41) is 18.8. The molecule has 6 N–H and O–H groups in total. The number of benzene rings is 3. The molecule has 1 unspecified atom stereocenters. The molecule has 4 fully saturated rings. The smallest absolute Gasteiger partial charge is 0.264 e. The van der Waals surface area contributed by atoms with Crippen molar-refractivity contribution in [3.05, 3.63) is 95.1 Å². The number of likely N-dealkylation sites (N-methyl/N-ethyl adjacent to an activating group) is 1. The fraction of sp³-hybridized carbons (Fsp3) is 0.456. The second-order valence-corrected chi connectivity index (χ2v) is 22.3. The quantitative estimate of drug-likeness (QED) is 0.0355. The van der Waals surface area contributed by atoms with Gasteiger partial charge in [0.05, 0.1) is 32.6 Å². The maximum atomic E-state index is 14.2. The number of imide groups is 1. The fourth-order valence-electron chi connectivity index (χ4n) is 11.5. The first-order chi connectivity index (χ1) is 37.8. The highest BCUT2D eigenvalue weighted by Gasteiger charge is 2.46. The second-order valence-electron chi connectivity index (χ2n) is 20.9. The zero-order valence-corrected chi connectivity index (χ0v) is 45.1. The number of amides is 7. The average molecular weight is 1100 g/mol. The summed E-state index contributed by atoms with van der Waals surface area (Å²) in [6, 6.07) is 22.0. The lowest BCUT2D eigenvalue weighted by atomic mass is 9.81. The van der Waals surface area contributed by atoms with Crippen LogP contribution in [0.25, 0.3) is 20.8 Å². The molecule has 1 saturated carbocycles. The van der Waals surface area contributed by atoms with Gasteiger partial charge in [-0.1, -0.05) is 35.9 Å². The first-order valence-electron chi connectivity index (χ1n) is 27.1. The molecule has 19 nitrogen and oxygen atoms in total. The van der Waals surface area contributed by atoms with Crippen molar-refractivity contribution in [1.82, 2.24) is 41.5 Å². The minimum absolute atomic E-state index is 0.0120. The molecule has 0 radical (unpaired) electrons. The summed E-state index contributed by atoms with van der Waals surface area (Å²) in [6.07, 6.45) is 7.38. The summed E-state index contributed by atoms with van der Waals surface area (Å²) >= 11 is 7.92. The number of ether oxygens (including phenoxy) is 2. The zero-order chi connectivity index (χ0) is 54.3. The number of carbonyl (C=O) groups excluding carboxylic acids is 7. The standard InChI is InChI=1S/C57H65ClN10O9S/c1-59-56(75)57(77-46-8-3-2-5-41(46)54-65-44-7-4-6-43(58)50(44)78-54)20-27-68(28-21-57)55(74)42-31-49(70)64-45-30-38(13-14-40(42)45)76-33-63-52(72)36-11-9-35(10-12-36)51(71)62-24-23-60-32-34-18-25-67(26-19-34)47-29-37(17-22-61-47)39-15-16-48(69)66-53(39)73/h2-8,13-14,17,22,29-30,34-36,39,42,60H,9-12,15-16,18-21,23-28,31-33H2,1H3,(H,59,75)(H,62,71)(H,63,72)(H,64,70)(H,66,69,73)/t35?,36?,39?,42-/m0/s1. The van der Waals surface area contributed by atoms with E-state index in [9.17, 15) is 33.6 Å². The fourth-order valence-corrected chi connectivity index (χ4v) is 12.8. The second kappa shape index (κ2) is 24.2. The molecule has 6 heterocycles. The van der Waals surface area contributed by atoms with Crippen LogP contribution in [0.15, 0.2) is 79.0 Å². The normalized spacial score (nSPS) is 21.4. The van der Waals surface area contributed by atoms with E-state index in [2.05, 4.69) is 41.8 Å². The van der Waals surface area contributed by atoms with E-state index in [1.54, 1.807) is 36.3 Å². The number of pyridine rings is 1. The molecule has 2 atom stereocenters. The summed E-state index contributed by atoms with van der Waals surface area (Å²) in [5.41, 5.74) is 2.22. The van der Waals surface area contributed by atoms with Gasteiger partial charge in [0, 0.05) is 102 Å². The maximum Gasteiger partial charge on any atom is 0.264 e. The molecule has 5 aromatic rings. The molecule has 0 bridgehead atoms. The van der Waals surface area contributed by atoms with Gasteiger partial charge in [-0.05, 0) is 111 Å². The minimum atomic E-state index is -1.27. The lowest BCUT2D eigenvalue weighted by Crippen LogP contribution is -2.58. The van der Waals surface area contributed by atoms with Crippen molar-refractivity contribution in [3.63, 3.8) is 0 Å². The third-order valence-electron chi connectivity index (χ3n) is 16.0. The van der Waals surface area contributed by atoms with Crippen LogP contribution in [-0.2, 0) is 33.6 Å². The van der Waals surface area contributed by atoms with Crippen LogP contribution in [-0.4, -0.2) is 121 Å². The van der Waals surface area contributed by atoms with Crippen LogP contribution in [0.4, 0.5) is 11.5 Å². The zero-order valence-electron chi connectivity index (χ0n) is 43.6. The molecule has 78 heavy (non-hydrogen) atoms. The topological polar surface area (TPSA) is 242 Å². The number of thiazole rings is 1. The predicted octanol–water partition coefficient (Wildman–Crippen LogP) is 6.03.